The molecule has 0 spiro atoms. The van der Waals surface area contributed by atoms with Gasteiger partial charge in [-0.25, -0.2) is 4.79 Å². The fourth-order valence-electron chi connectivity index (χ4n) is 2.68. The van der Waals surface area contributed by atoms with Crippen LogP contribution in [0.4, 0.5) is 16.2 Å². The molecule has 1 aromatic carbocycles. The van der Waals surface area contributed by atoms with Gasteiger partial charge in [0.05, 0.1) is 17.4 Å². The molecule has 7 heteroatoms. The molecular weight excluding hydrogens is 330 g/mol. The third-order valence-corrected chi connectivity index (χ3v) is 3.77. The molecule has 1 aliphatic rings. The Morgan fingerprint density at radius 3 is 2.65 bits per heavy atom. The monoisotopic (exact) mass is 353 g/mol. The molecule has 1 aromatic rings. The number of nitrogens with one attached hydrogen (secondary N) is 2. The molecule has 26 heavy (non-hydrogen) atoms. The van der Waals surface area contributed by atoms with Crippen molar-refractivity contribution < 1.29 is 9.53 Å². The molecule has 0 bridgehead atoms. The third-order valence-electron chi connectivity index (χ3n) is 3.77. The normalized spacial score (nSPS) is 16.2. The van der Waals surface area contributed by atoms with Crippen LogP contribution in [0.5, 0.6) is 0 Å². The second-order valence-corrected chi connectivity index (χ2v) is 7.02. The van der Waals surface area contributed by atoms with Crippen molar-refractivity contribution in [1.29, 1.82) is 10.5 Å². The summed E-state index contributed by atoms with van der Waals surface area (Å²) in [5, 5.41) is 23.6. The van der Waals surface area contributed by atoms with Gasteiger partial charge >= 0.3 is 6.09 Å². The topological polar surface area (TPSA) is 101 Å². The number of para-hydroxylation sites is 2. The molecule has 0 saturated carbocycles. The summed E-state index contributed by atoms with van der Waals surface area (Å²) in [4.78, 5) is 14.1. The van der Waals surface area contributed by atoms with Crippen molar-refractivity contribution in [3.8, 4) is 12.1 Å². The molecule has 1 fully saturated rings. The lowest BCUT2D eigenvalue weighted by molar-refractivity contribution is 0.0509. The lowest BCUT2D eigenvalue weighted by Gasteiger charge is -2.23. The minimum absolute atomic E-state index is 0.00206. The van der Waals surface area contributed by atoms with E-state index in [-0.39, 0.29) is 11.6 Å². The third kappa shape index (κ3) is 5.42. The maximum Gasteiger partial charge on any atom is 0.407 e. The maximum atomic E-state index is 11.9. The Morgan fingerprint density at radius 1 is 1.31 bits per heavy atom. The fraction of sp³-hybridized carbons (Fsp3) is 0.421. The van der Waals surface area contributed by atoms with Crippen LogP contribution in [0.3, 0.4) is 0 Å². The number of carbonyl (C=O) groups is 1. The zero-order valence-electron chi connectivity index (χ0n) is 15.2. The molecule has 2 N–H and O–H groups in total. The summed E-state index contributed by atoms with van der Waals surface area (Å²) in [5.41, 5.74) is 1.23. The van der Waals surface area contributed by atoms with Crippen LogP contribution in [0.15, 0.2) is 36.0 Å². The molecule has 1 unspecified atom stereocenters. The predicted molar refractivity (Wildman–Crippen MR) is 99.4 cm³/mol. The average molecular weight is 353 g/mol. The number of hydrogen-bond acceptors (Lipinski definition) is 6. The number of nitrogens with zero attached hydrogens (tertiary/aromatic N) is 3. The van der Waals surface area contributed by atoms with Gasteiger partial charge in [0.1, 0.15) is 23.3 Å². The second kappa shape index (κ2) is 8.26. The number of carbonyl (C=O) groups excluding carboxylic acids is 1. The molecule has 0 aliphatic carbocycles. The Kier molecular flexibility index (Phi) is 6.08. The van der Waals surface area contributed by atoms with Crippen molar-refractivity contribution >= 4 is 17.5 Å². The summed E-state index contributed by atoms with van der Waals surface area (Å²) >= 11 is 0. The van der Waals surface area contributed by atoms with E-state index in [2.05, 4.69) is 15.5 Å². The van der Waals surface area contributed by atoms with E-state index in [9.17, 15) is 4.79 Å². The smallest absolute Gasteiger partial charge is 0.407 e. The van der Waals surface area contributed by atoms with Crippen LogP contribution >= 0.6 is 0 Å². The van der Waals surface area contributed by atoms with Crippen molar-refractivity contribution in [3.63, 3.8) is 0 Å². The summed E-state index contributed by atoms with van der Waals surface area (Å²) in [6, 6.07) is 11.3. The van der Waals surface area contributed by atoms with Crippen LogP contribution in [0, 0.1) is 22.7 Å². The Labute approximate surface area is 153 Å². The summed E-state index contributed by atoms with van der Waals surface area (Å²) < 4.78 is 5.30. The van der Waals surface area contributed by atoms with E-state index in [0.29, 0.717) is 6.54 Å². The van der Waals surface area contributed by atoms with Gasteiger partial charge in [-0.2, -0.15) is 10.5 Å². The fourth-order valence-corrected chi connectivity index (χ4v) is 2.68. The van der Waals surface area contributed by atoms with Crippen molar-refractivity contribution in [2.45, 2.75) is 38.8 Å². The average Bonchev–Trinajstić information content (AvgIpc) is 3.02. The highest BCUT2D eigenvalue weighted by atomic mass is 16.6. The van der Waals surface area contributed by atoms with Crippen LogP contribution in [0.1, 0.15) is 27.2 Å². The van der Waals surface area contributed by atoms with E-state index < -0.39 is 11.7 Å². The molecule has 1 atom stereocenters. The summed E-state index contributed by atoms with van der Waals surface area (Å²) in [6.45, 7) is 6.94. The van der Waals surface area contributed by atoms with Gasteiger partial charge in [-0.1, -0.05) is 12.1 Å². The van der Waals surface area contributed by atoms with Gasteiger partial charge in [-0.05, 0) is 39.3 Å². The van der Waals surface area contributed by atoms with E-state index >= 15 is 0 Å². The number of rotatable bonds is 4. The Bertz CT molecular complexity index is 751. The highest BCUT2D eigenvalue weighted by Crippen LogP contribution is 2.29. The van der Waals surface area contributed by atoms with E-state index in [4.69, 9.17) is 15.3 Å². The minimum atomic E-state index is -0.523. The largest absolute Gasteiger partial charge is 0.444 e. The number of hydrogen-bond donors (Lipinski definition) is 2. The highest BCUT2D eigenvalue weighted by Gasteiger charge is 2.27. The number of nitriles is 2. The Hall–Kier alpha value is -3.19. The molecule has 0 aromatic heterocycles. The molecule has 1 saturated heterocycles. The van der Waals surface area contributed by atoms with E-state index in [1.165, 1.54) is 6.20 Å². The van der Waals surface area contributed by atoms with E-state index in [1.807, 2.05) is 57.2 Å². The Balaban J connectivity index is 2.03. The van der Waals surface area contributed by atoms with Crippen molar-refractivity contribution in [2.24, 2.45) is 0 Å². The molecule has 136 valence electrons. The van der Waals surface area contributed by atoms with Crippen LogP contribution in [-0.2, 0) is 4.74 Å². The second-order valence-electron chi connectivity index (χ2n) is 7.02. The van der Waals surface area contributed by atoms with E-state index in [1.54, 1.807) is 0 Å². The SMILES string of the molecule is CC(C)(C)OC(=O)NC1CCN(c2ccccc2NC=C(C#N)C#N)C1. The first-order chi connectivity index (χ1) is 12.3. The van der Waals surface area contributed by atoms with Crippen LogP contribution in [0.25, 0.3) is 0 Å². The van der Waals surface area contributed by atoms with Gasteiger partial charge < -0.3 is 20.3 Å². The number of anilines is 2. The zero-order chi connectivity index (χ0) is 19.2. The van der Waals surface area contributed by atoms with Gasteiger partial charge in [0, 0.05) is 19.3 Å². The number of benzene rings is 1. The molecular formula is C19H23N5O2. The van der Waals surface area contributed by atoms with Crippen molar-refractivity contribution in [1.82, 2.24) is 5.32 Å². The minimum Gasteiger partial charge on any atom is -0.444 e. The number of amides is 1. The van der Waals surface area contributed by atoms with Gasteiger partial charge in [-0.3, -0.25) is 0 Å². The quantitative estimate of drug-likeness (QED) is 0.807. The van der Waals surface area contributed by atoms with Crippen molar-refractivity contribution in [3.05, 3.63) is 36.0 Å². The van der Waals surface area contributed by atoms with Crippen LogP contribution in [-0.4, -0.2) is 30.8 Å². The lowest BCUT2D eigenvalue weighted by Crippen LogP contribution is -2.40. The first kappa shape index (κ1) is 19.1. The lowest BCUT2D eigenvalue weighted by atomic mass is 10.2. The summed E-state index contributed by atoms with van der Waals surface area (Å²) in [5.74, 6) is 0. The van der Waals surface area contributed by atoms with Gasteiger partial charge in [0.2, 0.25) is 0 Å². The van der Waals surface area contributed by atoms with E-state index in [0.717, 1.165) is 24.3 Å². The molecule has 2 rings (SSSR count). The summed E-state index contributed by atoms with van der Waals surface area (Å²) in [7, 11) is 0. The first-order valence-corrected chi connectivity index (χ1v) is 8.43. The van der Waals surface area contributed by atoms with Crippen molar-refractivity contribution in [2.75, 3.05) is 23.3 Å². The number of alkyl carbamates (subject to hydrolysis) is 1. The standard InChI is InChI=1S/C19H23N5O2/c1-19(2,3)26-18(25)23-15-8-9-24(13-15)17-7-5-4-6-16(17)22-12-14(10-20)11-21/h4-7,12,15,22H,8-9,13H2,1-3H3,(H,23,25). The molecule has 0 radical (unpaired) electrons. The molecule has 1 amide bonds. The first-order valence-electron chi connectivity index (χ1n) is 8.43. The maximum absolute atomic E-state index is 11.9. The van der Waals surface area contributed by atoms with Gasteiger partial charge in [0.25, 0.3) is 0 Å². The predicted octanol–water partition coefficient (Wildman–Crippen LogP) is 3.13. The number of ether oxygens (including phenoxy) is 1. The van der Waals surface area contributed by atoms with Crippen LogP contribution in [0.2, 0.25) is 0 Å². The highest BCUT2D eigenvalue weighted by molar-refractivity contribution is 5.72. The molecule has 1 aliphatic heterocycles. The molecule has 1 heterocycles. The van der Waals surface area contributed by atoms with Gasteiger partial charge in [0.15, 0.2) is 0 Å². The zero-order valence-corrected chi connectivity index (χ0v) is 15.2. The Morgan fingerprint density at radius 2 is 2.00 bits per heavy atom. The van der Waals surface area contributed by atoms with Gasteiger partial charge in [-0.15, -0.1) is 0 Å². The molecule has 7 nitrogen and oxygen atoms in total. The summed E-state index contributed by atoms with van der Waals surface area (Å²) in [6.07, 6.45) is 1.79. The number of allylic oxidation sites excluding steroid dienone is 1. The van der Waals surface area contributed by atoms with Crippen LogP contribution < -0.4 is 15.5 Å².